The van der Waals surface area contributed by atoms with Crippen molar-refractivity contribution in [1.29, 1.82) is 0 Å². The average molecular weight is 429 g/mol. The summed E-state index contributed by atoms with van der Waals surface area (Å²) in [6.07, 6.45) is 0.843. The fourth-order valence-electron chi connectivity index (χ4n) is 2.37. The van der Waals surface area contributed by atoms with E-state index in [2.05, 4.69) is 18.8 Å². The molecule has 0 spiro atoms. The number of carbonyl (C=O) groups is 2. The van der Waals surface area contributed by atoms with Gasteiger partial charge in [0.1, 0.15) is 5.01 Å². The van der Waals surface area contributed by atoms with E-state index in [4.69, 9.17) is 27.9 Å². The molecule has 1 amide bonds. The molecule has 0 fully saturated rings. The molecular formula is C19H22Cl2N2O3S. The Morgan fingerprint density at radius 2 is 1.89 bits per heavy atom. The molecule has 0 saturated heterocycles. The minimum absolute atomic E-state index is 0.173. The maximum atomic E-state index is 13.0. The fourth-order valence-corrected chi connectivity index (χ4v) is 3.68. The molecule has 2 rings (SSSR count). The summed E-state index contributed by atoms with van der Waals surface area (Å²) in [6, 6.07) is 4.79. The van der Waals surface area contributed by atoms with Gasteiger partial charge in [0.05, 0.1) is 13.2 Å². The normalized spacial score (nSPS) is 10.9. The first-order chi connectivity index (χ1) is 12.8. The van der Waals surface area contributed by atoms with E-state index in [1.165, 1.54) is 11.3 Å². The van der Waals surface area contributed by atoms with Gasteiger partial charge in [-0.25, -0.2) is 9.78 Å². The Hall–Kier alpha value is -1.63. The van der Waals surface area contributed by atoms with Crippen molar-refractivity contribution in [3.05, 3.63) is 49.9 Å². The molecule has 27 heavy (non-hydrogen) atoms. The second kappa shape index (κ2) is 10.1. The number of amides is 1. The quantitative estimate of drug-likeness (QED) is 0.534. The first kappa shape index (κ1) is 21.7. The molecule has 8 heteroatoms. The van der Waals surface area contributed by atoms with Crippen LogP contribution in [0.3, 0.4) is 0 Å². The number of ether oxygens (including phenoxy) is 1. The van der Waals surface area contributed by atoms with Crippen LogP contribution < -0.4 is 0 Å². The summed E-state index contributed by atoms with van der Waals surface area (Å²) in [5.74, 6) is -0.191. The van der Waals surface area contributed by atoms with Gasteiger partial charge >= 0.3 is 5.97 Å². The number of rotatable bonds is 8. The Morgan fingerprint density at radius 3 is 2.48 bits per heavy atom. The maximum absolute atomic E-state index is 13.0. The molecule has 0 saturated carbocycles. The predicted octanol–water partition coefficient (Wildman–Crippen LogP) is 5.32. The van der Waals surface area contributed by atoms with Crippen LogP contribution in [0, 0.1) is 5.92 Å². The number of esters is 1. The van der Waals surface area contributed by atoms with E-state index in [9.17, 15) is 9.59 Å². The van der Waals surface area contributed by atoms with Crippen molar-refractivity contribution in [2.75, 3.05) is 13.2 Å². The van der Waals surface area contributed by atoms with E-state index in [0.29, 0.717) is 46.2 Å². The minimum Gasteiger partial charge on any atom is -0.461 e. The van der Waals surface area contributed by atoms with E-state index < -0.39 is 5.97 Å². The molecule has 0 N–H and O–H groups in total. The van der Waals surface area contributed by atoms with Crippen molar-refractivity contribution in [3.8, 4) is 0 Å². The number of aromatic nitrogens is 1. The molecule has 0 unspecified atom stereocenters. The van der Waals surface area contributed by atoms with Crippen LogP contribution in [0.4, 0.5) is 0 Å². The Morgan fingerprint density at radius 1 is 1.22 bits per heavy atom. The zero-order valence-corrected chi connectivity index (χ0v) is 17.8. The number of hydrogen-bond acceptors (Lipinski definition) is 5. The van der Waals surface area contributed by atoms with E-state index in [1.54, 1.807) is 35.4 Å². The summed E-state index contributed by atoms with van der Waals surface area (Å²) in [7, 11) is 0. The van der Waals surface area contributed by atoms with Gasteiger partial charge in [-0.3, -0.25) is 4.79 Å². The summed E-state index contributed by atoms with van der Waals surface area (Å²) < 4.78 is 4.96. The van der Waals surface area contributed by atoms with Crippen LogP contribution in [0.5, 0.6) is 0 Å². The average Bonchev–Trinajstić information content (AvgIpc) is 3.06. The molecule has 0 bridgehead atoms. The lowest BCUT2D eigenvalue weighted by Gasteiger charge is -2.23. The largest absolute Gasteiger partial charge is 0.461 e. The zero-order valence-electron chi connectivity index (χ0n) is 15.5. The Bertz CT molecular complexity index is 788. The van der Waals surface area contributed by atoms with Gasteiger partial charge in [0.2, 0.25) is 0 Å². The second-order valence-corrected chi connectivity index (χ2v) is 8.23. The first-order valence-corrected chi connectivity index (χ1v) is 10.3. The number of thiazole rings is 1. The lowest BCUT2D eigenvalue weighted by atomic mass is 10.1. The van der Waals surface area contributed by atoms with E-state index >= 15 is 0 Å². The van der Waals surface area contributed by atoms with Crippen molar-refractivity contribution in [1.82, 2.24) is 9.88 Å². The summed E-state index contributed by atoms with van der Waals surface area (Å²) >= 11 is 13.4. The summed E-state index contributed by atoms with van der Waals surface area (Å²) in [6.45, 7) is 7.10. The number of hydrogen-bond donors (Lipinski definition) is 0. The highest BCUT2D eigenvalue weighted by atomic mass is 35.5. The molecule has 1 aromatic carbocycles. The molecule has 0 aliphatic rings. The number of benzene rings is 1. The van der Waals surface area contributed by atoms with Crippen molar-refractivity contribution in [2.24, 2.45) is 5.92 Å². The standard InChI is InChI=1S/C19H22Cl2N2O3S/c1-4-26-19(25)16-11-27-17(22-16)10-23(6-5-12(2)3)18(24)13-7-14(20)9-15(21)8-13/h7-9,11-12H,4-6,10H2,1-3H3. The minimum atomic E-state index is -0.457. The molecule has 5 nitrogen and oxygen atoms in total. The smallest absolute Gasteiger partial charge is 0.357 e. The van der Waals surface area contributed by atoms with Gasteiger partial charge < -0.3 is 9.64 Å². The molecular weight excluding hydrogens is 407 g/mol. The highest BCUT2D eigenvalue weighted by Crippen LogP contribution is 2.22. The van der Waals surface area contributed by atoms with Gasteiger partial charge in [-0.2, -0.15) is 0 Å². The first-order valence-electron chi connectivity index (χ1n) is 8.67. The molecule has 0 radical (unpaired) electrons. The highest BCUT2D eigenvalue weighted by Gasteiger charge is 2.20. The van der Waals surface area contributed by atoms with E-state index in [1.807, 2.05) is 0 Å². The number of halogens is 2. The Balaban J connectivity index is 2.21. The fraction of sp³-hybridized carbons (Fsp3) is 0.421. The van der Waals surface area contributed by atoms with Crippen LogP contribution in [0.15, 0.2) is 23.6 Å². The van der Waals surface area contributed by atoms with E-state index in [-0.39, 0.29) is 11.6 Å². The van der Waals surface area contributed by atoms with Crippen molar-refractivity contribution in [3.63, 3.8) is 0 Å². The summed E-state index contributed by atoms with van der Waals surface area (Å²) in [5, 5.41) is 3.14. The van der Waals surface area contributed by atoms with Crippen LogP contribution in [0.2, 0.25) is 10.0 Å². The van der Waals surface area contributed by atoms with E-state index in [0.717, 1.165) is 6.42 Å². The molecule has 0 atom stereocenters. The topological polar surface area (TPSA) is 59.5 Å². The Kier molecular flexibility index (Phi) is 8.07. The molecule has 0 aliphatic heterocycles. The Labute approximate surface area is 173 Å². The van der Waals surface area contributed by atoms with Gasteiger partial charge in [0.25, 0.3) is 5.91 Å². The lowest BCUT2D eigenvalue weighted by molar-refractivity contribution is 0.0520. The van der Waals surface area contributed by atoms with Crippen LogP contribution in [0.25, 0.3) is 0 Å². The zero-order chi connectivity index (χ0) is 20.0. The van der Waals surface area contributed by atoms with Crippen LogP contribution >= 0.6 is 34.5 Å². The van der Waals surface area contributed by atoms with Gasteiger partial charge in [0, 0.05) is 27.5 Å². The molecule has 2 aromatic rings. The number of nitrogens with zero attached hydrogens (tertiary/aromatic N) is 2. The predicted molar refractivity (Wildman–Crippen MR) is 109 cm³/mol. The van der Waals surface area contributed by atoms with Crippen molar-refractivity contribution in [2.45, 2.75) is 33.7 Å². The molecule has 1 heterocycles. The lowest BCUT2D eigenvalue weighted by Crippen LogP contribution is -2.32. The third-order valence-corrected chi connectivity index (χ3v) is 5.01. The van der Waals surface area contributed by atoms with Gasteiger partial charge in [-0.05, 0) is 37.5 Å². The highest BCUT2D eigenvalue weighted by molar-refractivity contribution is 7.09. The molecule has 1 aromatic heterocycles. The monoisotopic (exact) mass is 428 g/mol. The third kappa shape index (κ3) is 6.48. The third-order valence-electron chi connectivity index (χ3n) is 3.74. The summed E-state index contributed by atoms with van der Waals surface area (Å²) in [4.78, 5) is 30.8. The second-order valence-electron chi connectivity index (χ2n) is 6.41. The van der Waals surface area contributed by atoms with Crippen LogP contribution in [0.1, 0.15) is 53.0 Å². The number of carbonyl (C=O) groups excluding carboxylic acids is 2. The molecule has 146 valence electrons. The SMILES string of the molecule is CCOC(=O)c1csc(CN(CCC(C)C)C(=O)c2cc(Cl)cc(Cl)c2)n1. The molecule has 0 aliphatic carbocycles. The van der Waals surface area contributed by atoms with Gasteiger partial charge in [-0.15, -0.1) is 11.3 Å². The maximum Gasteiger partial charge on any atom is 0.357 e. The van der Waals surface area contributed by atoms with Crippen molar-refractivity contribution >= 4 is 46.4 Å². The van der Waals surface area contributed by atoms with Gasteiger partial charge in [0.15, 0.2) is 5.69 Å². The van der Waals surface area contributed by atoms with Crippen LogP contribution in [-0.4, -0.2) is 34.9 Å². The summed E-state index contributed by atoms with van der Waals surface area (Å²) in [5.41, 5.74) is 0.692. The van der Waals surface area contributed by atoms with Crippen molar-refractivity contribution < 1.29 is 14.3 Å². The van der Waals surface area contributed by atoms with Crippen LogP contribution in [-0.2, 0) is 11.3 Å². The van der Waals surface area contributed by atoms with Gasteiger partial charge in [-0.1, -0.05) is 37.0 Å².